The molecule has 0 aromatic rings. The molecule has 1 rings (SSSR count). The average Bonchev–Trinajstić information content (AvgIpc) is 1.83. The van der Waals surface area contributed by atoms with E-state index >= 15 is 0 Å². The standard InChI is InChI=1S/C6H9NO/c1-5-6(2,3-7)4-8-5/h5H,4H2,1-2H3. The van der Waals surface area contributed by atoms with Gasteiger partial charge in [-0.15, -0.1) is 0 Å². The van der Waals surface area contributed by atoms with Gasteiger partial charge in [-0.2, -0.15) is 5.26 Å². The van der Waals surface area contributed by atoms with Gasteiger partial charge in [0.1, 0.15) is 5.41 Å². The molecule has 0 saturated carbocycles. The summed E-state index contributed by atoms with van der Waals surface area (Å²) < 4.78 is 5.01. The Bertz CT molecular complexity index is 138. The molecule has 0 spiro atoms. The molecular weight excluding hydrogens is 102 g/mol. The van der Waals surface area contributed by atoms with E-state index in [0.29, 0.717) is 6.61 Å². The van der Waals surface area contributed by atoms with Gasteiger partial charge in [-0.25, -0.2) is 0 Å². The second-order valence-electron chi connectivity index (χ2n) is 2.48. The zero-order chi connectivity index (χ0) is 6.20. The van der Waals surface area contributed by atoms with Crippen LogP contribution in [0.2, 0.25) is 0 Å². The summed E-state index contributed by atoms with van der Waals surface area (Å²) in [5.74, 6) is 0. The molecule has 44 valence electrons. The third kappa shape index (κ3) is 0.517. The predicted molar refractivity (Wildman–Crippen MR) is 29.1 cm³/mol. The normalized spacial score (nSPS) is 44.9. The summed E-state index contributed by atoms with van der Waals surface area (Å²) in [6.45, 7) is 4.44. The van der Waals surface area contributed by atoms with Gasteiger partial charge in [-0.3, -0.25) is 0 Å². The molecule has 2 heteroatoms. The number of nitrogens with zero attached hydrogens (tertiary/aromatic N) is 1. The molecule has 0 aliphatic carbocycles. The highest BCUT2D eigenvalue weighted by molar-refractivity contribution is 5.04. The van der Waals surface area contributed by atoms with Crippen LogP contribution in [0.15, 0.2) is 0 Å². The number of rotatable bonds is 0. The molecule has 0 aromatic heterocycles. The van der Waals surface area contributed by atoms with E-state index < -0.39 is 0 Å². The van der Waals surface area contributed by atoms with E-state index in [1.807, 2.05) is 13.8 Å². The van der Waals surface area contributed by atoms with E-state index in [9.17, 15) is 0 Å². The largest absolute Gasteiger partial charge is 0.375 e. The SMILES string of the molecule is CC1OCC1(C)C#N. The highest BCUT2D eigenvalue weighted by atomic mass is 16.5. The van der Waals surface area contributed by atoms with Gasteiger partial charge in [-0.1, -0.05) is 0 Å². The van der Waals surface area contributed by atoms with Gasteiger partial charge in [0, 0.05) is 0 Å². The Balaban J connectivity index is 2.59. The lowest BCUT2D eigenvalue weighted by Crippen LogP contribution is -2.46. The lowest BCUT2D eigenvalue weighted by Gasteiger charge is -2.38. The van der Waals surface area contributed by atoms with E-state index in [2.05, 4.69) is 6.07 Å². The van der Waals surface area contributed by atoms with Crippen molar-refractivity contribution in [1.29, 1.82) is 5.26 Å². The first-order chi connectivity index (χ1) is 3.69. The van der Waals surface area contributed by atoms with Gasteiger partial charge in [-0.05, 0) is 13.8 Å². The molecule has 2 unspecified atom stereocenters. The Kier molecular flexibility index (Phi) is 1.02. The summed E-state index contributed by atoms with van der Waals surface area (Å²) in [4.78, 5) is 0. The molecule has 0 N–H and O–H groups in total. The highest BCUT2D eigenvalue weighted by Crippen LogP contribution is 2.32. The molecule has 0 aromatic carbocycles. The molecule has 1 heterocycles. The highest BCUT2D eigenvalue weighted by Gasteiger charge is 2.41. The summed E-state index contributed by atoms with van der Waals surface area (Å²) in [7, 11) is 0. The lowest BCUT2D eigenvalue weighted by atomic mass is 9.83. The molecule has 2 atom stereocenters. The van der Waals surface area contributed by atoms with E-state index in [4.69, 9.17) is 10.00 Å². The van der Waals surface area contributed by atoms with Crippen molar-refractivity contribution in [1.82, 2.24) is 0 Å². The summed E-state index contributed by atoms with van der Waals surface area (Å²) in [6, 6.07) is 2.20. The first kappa shape index (κ1) is 5.58. The first-order valence-corrected chi connectivity index (χ1v) is 2.72. The van der Waals surface area contributed by atoms with Gasteiger partial charge in [0.15, 0.2) is 0 Å². The Morgan fingerprint density at radius 1 is 1.88 bits per heavy atom. The van der Waals surface area contributed by atoms with E-state index in [-0.39, 0.29) is 11.5 Å². The van der Waals surface area contributed by atoms with Crippen LogP contribution in [0, 0.1) is 16.7 Å². The first-order valence-electron chi connectivity index (χ1n) is 2.72. The van der Waals surface area contributed by atoms with Crippen molar-refractivity contribution in [2.75, 3.05) is 6.61 Å². The van der Waals surface area contributed by atoms with Crippen LogP contribution in [0.25, 0.3) is 0 Å². The molecule has 8 heavy (non-hydrogen) atoms. The quantitative estimate of drug-likeness (QED) is 0.466. The van der Waals surface area contributed by atoms with E-state index in [1.165, 1.54) is 0 Å². The van der Waals surface area contributed by atoms with Crippen molar-refractivity contribution in [3.63, 3.8) is 0 Å². The van der Waals surface area contributed by atoms with Crippen LogP contribution in [0.1, 0.15) is 13.8 Å². The molecule has 2 nitrogen and oxygen atoms in total. The Morgan fingerprint density at radius 2 is 2.50 bits per heavy atom. The molecular formula is C6H9NO. The van der Waals surface area contributed by atoms with Crippen LogP contribution in [-0.4, -0.2) is 12.7 Å². The zero-order valence-corrected chi connectivity index (χ0v) is 5.14. The van der Waals surface area contributed by atoms with Gasteiger partial charge in [0.05, 0.1) is 18.8 Å². The van der Waals surface area contributed by atoms with Crippen molar-refractivity contribution < 1.29 is 4.74 Å². The monoisotopic (exact) mass is 111 g/mol. The summed E-state index contributed by atoms with van der Waals surface area (Å²) in [5.41, 5.74) is -0.194. The summed E-state index contributed by atoms with van der Waals surface area (Å²) in [5, 5.41) is 8.49. The molecule has 1 fully saturated rings. The van der Waals surface area contributed by atoms with Crippen LogP contribution in [0.4, 0.5) is 0 Å². The van der Waals surface area contributed by atoms with Crippen molar-refractivity contribution in [2.24, 2.45) is 5.41 Å². The average molecular weight is 111 g/mol. The topological polar surface area (TPSA) is 33.0 Å². The van der Waals surface area contributed by atoms with Gasteiger partial charge in [0.2, 0.25) is 0 Å². The van der Waals surface area contributed by atoms with Crippen molar-refractivity contribution in [3.05, 3.63) is 0 Å². The fourth-order valence-electron chi connectivity index (χ4n) is 0.623. The molecule has 1 saturated heterocycles. The maximum absolute atomic E-state index is 8.49. The minimum Gasteiger partial charge on any atom is -0.375 e. The number of hydrogen-bond acceptors (Lipinski definition) is 2. The molecule has 0 amide bonds. The van der Waals surface area contributed by atoms with Crippen molar-refractivity contribution in [2.45, 2.75) is 20.0 Å². The maximum Gasteiger partial charge on any atom is 0.104 e. The van der Waals surface area contributed by atoms with E-state index in [0.717, 1.165) is 0 Å². The van der Waals surface area contributed by atoms with Crippen molar-refractivity contribution >= 4 is 0 Å². The van der Waals surface area contributed by atoms with E-state index in [1.54, 1.807) is 0 Å². The zero-order valence-electron chi connectivity index (χ0n) is 5.14. The van der Waals surface area contributed by atoms with Crippen LogP contribution >= 0.6 is 0 Å². The molecule has 1 aliphatic heterocycles. The van der Waals surface area contributed by atoms with Crippen LogP contribution < -0.4 is 0 Å². The third-order valence-corrected chi connectivity index (χ3v) is 1.79. The minimum atomic E-state index is -0.194. The second kappa shape index (κ2) is 1.46. The Hall–Kier alpha value is -0.550. The molecule has 0 bridgehead atoms. The number of hydrogen-bond donors (Lipinski definition) is 0. The third-order valence-electron chi connectivity index (χ3n) is 1.79. The van der Waals surface area contributed by atoms with Crippen molar-refractivity contribution in [3.8, 4) is 6.07 Å². The second-order valence-corrected chi connectivity index (χ2v) is 2.48. The number of ether oxygens (including phenoxy) is 1. The fourth-order valence-corrected chi connectivity index (χ4v) is 0.623. The summed E-state index contributed by atoms with van der Waals surface area (Å²) >= 11 is 0. The predicted octanol–water partition coefficient (Wildman–Crippen LogP) is 0.935. The van der Waals surface area contributed by atoms with Gasteiger partial charge >= 0.3 is 0 Å². The van der Waals surface area contributed by atoms with Crippen LogP contribution in [0.5, 0.6) is 0 Å². The molecule has 0 radical (unpaired) electrons. The Morgan fingerprint density at radius 3 is 2.50 bits per heavy atom. The van der Waals surface area contributed by atoms with Gasteiger partial charge < -0.3 is 4.74 Å². The molecule has 1 aliphatic rings. The van der Waals surface area contributed by atoms with Gasteiger partial charge in [0.25, 0.3) is 0 Å². The van der Waals surface area contributed by atoms with Crippen LogP contribution in [-0.2, 0) is 4.74 Å². The van der Waals surface area contributed by atoms with Crippen LogP contribution in [0.3, 0.4) is 0 Å². The lowest BCUT2D eigenvalue weighted by molar-refractivity contribution is -0.135. The maximum atomic E-state index is 8.49. The Labute approximate surface area is 49.1 Å². The minimum absolute atomic E-state index is 0.132. The smallest absolute Gasteiger partial charge is 0.104 e. The fraction of sp³-hybridized carbons (Fsp3) is 0.833. The summed E-state index contributed by atoms with van der Waals surface area (Å²) in [6.07, 6.45) is 0.132. The number of nitriles is 1.